The van der Waals surface area contributed by atoms with Crippen LogP contribution in [0.5, 0.6) is 0 Å². The van der Waals surface area contributed by atoms with E-state index in [1.165, 1.54) is 0 Å². The molecule has 2 heterocycles. The predicted molar refractivity (Wildman–Crippen MR) is 97.5 cm³/mol. The molecule has 0 unspecified atom stereocenters. The minimum Gasteiger partial charge on any atom is -0.461 e. The van der Waals surface area contributed by atoms with Crippen LogP contribution in [-0.4, -0.2) is 35.9 Å². The molecular weight excluding hydrogens is 317 g/mol. The van der Waals surface area contributed by atoms with Crippen molar-refractivity contribution in [2.24, 2.45) is 0 Å². The highest BCUT2D eigenvalue weighted by atomic mass is 16.7. The molecule has 0 saturated carbocycles. The van der Waals surface area contributed by atoms with Crippen LogP contribution < -0.4 is 0 Å². The van der Waals surface area contributed by atoms with E-state index in [1.807, 2.05) is 52.0 Å². The van der Waals surface area contributed by atoms with Crippen LogP contribution >= 0.6 is 0 Å². The Bertz CT molecular complexity index is 787. The maximum atomic E-state index is 12.1. The van der Waals surface area contributed by atoms with Crippen molar-refractivity contribution in [2.45, 2.75) is 52.1 Å². The van der Waals surface area contributed by atoms with Gasteiger partial charge in [0, 0.05) is 11.7 Å². The van der Waals surface area contributed by atoms with Crippen LogP contribution in [0.4, 0.5) is 0 Å². The third-order valence-corrected chi connectivity index (χ3v) is 4.98. The molecule has 1 aromatic carbocycles. The van der Waals surface area contributed by atoms with E-state index in [2.05, 4.69) is 4.98 Å². The van der Waals surface area contributed by atoms with E-state index in [0.29, 0.717) is 18.6 Å². The Kier molecular flexibility index (Phi) is 4.60. The summed E-state index contributed by atoms with van der Waals surface area (Å²) in [6.07, 6.45) is 0.544. The van der Waals surface area contributed by atoms with Gasteiger partial charge in [-0.3, -0.25) is 0 Å². The molecule has 132 valence electrons. The normalized spacial score (nSPS) is 18.5. The lowest BCUT2D eigenvalue weighted by atomic mass is 9.79. The molecule has 1 aliphatic rings. The van der Waals surface area contributed by atoms with E-state index in [1.54, 1.807) is 13.0 Å². The smallest absolute Gasteiger partial charge is 0.461 e. The number of hydrogen-bond donors (Lipinski definition) is 0. The van der Waals surface area contributed by atoms with Gasteiger partial charge in [-0.2, -0.15) is 0 Å². The quantitative estimate of drug-likeness (QED) is 0.628. The van der Waals surface area contributed by atoms with Gasteiger partial charge in [0.15, 0.2) is 0 Å². The average molecular weight is 341 g/mol. The number of ether oxygens (including phenoxy) is 1. The molecule has 0 bridgehead atoms. The van der Waals surface area contributed by atoms with E-state index in [9.17, 15) is 4.79 Å². The zero-order valence-electron chi connectivity index (χ0n) is 15.5. The minimum atomic E-state index is -0.413. The summed E-state index contributed by atoms with van der Waals surface area (Å²) in [6.45, 7) is 10.2. The van der Waals surface area contributed by atoms with Crippen molar-refractivity contribution >= 4 is 24.0 Å². The van der Waals surface area contributed by atoms with Gasteiger partial charge >= 0.3 is 13.1 Å². The van der Waals surface area contributed by atoms with Crippen molar-refractivity contribution in [3.8, 4) is 0 Å². The number of fused-ring (bicyclic) bond motifs is 1. The molecule has 1 fully saturated rings. The molecule has 3 rings (SSSR count). The van der Waals surface area contributed by atoms with E-state index in [-0.39, 0.29) is 18.3 Å². The van der Waals surface area contributed by atoms with Crippen LogP contribution in [0.2, 0.25) is 0 Å². The Morgan fingerprint density at radius 1 is 1.16 bits per heavy atom. The molecule has 1 aliphatic heterocycles. The molecule has 0 atom stereocenters. The Morgan fingerprint density at radius 2 is 1.80 bits per heavy atom. The lowest BCUT2D eigenvalue weighted by molar-refractivity contribution is 0.00578. The first-order valence-electron chi connectivity index (χ1n) is 8.65. The van der Waals surface area contributed by atoms with E-state index in [0.717, 1.165) is 16.5 Å². The summed E-state index contributed by atoms with van der Waals surface area (Å²) in [5.41, 5.74) is 1.27. The molecule has 0 radical (unpaired) electrons. The summed E-state index contributed by atoms with van der Waals surface area (Å²) in [4.78, 5) is 16.6. The fourth-order valence-corrected chi connectivity index (χ4v) is 2.95. The largest absolute Gasteiger partial charge is 0.462 e. The summed E-state index contributed by atoms with van der Waals surface area (Å²) in [5, 5.41) is 0.991. The van der Waals surface area contributed by atoms with Crippen molar-refractivity contribution in [3.05, 3.63) is 41.6 Å². The molecule has 5 nitrogen and oxygen atoms in total. The molecule has 0 amide bonds. The third kappa shape index (κ3) is 3.41. The van der Waals surface area contributed by atoms with Crippen molar-refractivity contribution in [1.82, 2.24) is 4.98 Å². The van der Waals surface area contributed by atoms with E-state index < -0.39 is 5.97 Å². The van der Waals surface area contributed by atoms with Crippen molar-refractivity contribution in [1.29, 1.82) is 0 Å². The molecule has 0 N–H and O–H groups in total. The van der Waals surface area contributed by atoms with E-state index >= 15 is 0 Å². The summed E-state index contributed by atoms with van der Waals surface area (Å²) in [6, 6.07) is 9.54. The number of hydrogen-bond acceptors (Lipinski definition) is 5. The number of esters is 1. The number of para-hydroxylation sites is 1. The standard InChI is InChI=1S/C19H24BNO4/c1-6-23-17(22)16-11-13(14-9-7-8-10-15(14)21-16)12-20-24-18(2,3)19(4,5)25-20/h7-11H,6,12H2,1-5H3. The zero-order valence-corrected chi connectivity index (χ0v) is 15.5. The topological polar surface area (TPSA) is 57.7 Å². The molecule has 1 aromatic heterocycles. The fraction of sp³-hybridized carbons (Fsp3) is 0.474. The van der Waals surface area contributed by atoms with Gasteiger partial charge < -0.3 is 14.0 Å². The highest BCUT2D eigenvalue weighted by Crippen LogP contribution is 2.38. The average Bonchev–Trinajstić information content (AvgIpc) is 2.74. The van der Waals surface area contributed by atoms with Gasteiger partial charge in [-0.15, -0.1) is 0 Å². The first kappa shape index (κ1) is 17.9. The molecule has 1 saturated heterocycles. The SMILES string of the molecule is CCOC(=O)c1cc(CB2OC(C)(C)C(C)(C)O2)c2ccccc2n1. The van der Waals surface area contributed by atoms with Crippen LogP contribution in [0.15, 0.2) is 30.3 Å². The van der Waals surface area contributed by atoms with Gasteiger partial charge in [0.1, 0.15) is 5.69 Å². The Labute approximate surface area is 148 Å². The Morgan fingerprint density at radius 3 is 2.44 bits per heavy atom. The highest BCUT2D eigenvalue weighted by Gasteiger charge is 2.50. The number of carbonyl (C=O) groups is 1. The molecule has 0 spiro atoms. The fourth-order valence-electron chi connectivity index (χ4n) is 2.95. The van der Waals surface area contributed by atoms with Crippen LogP contribution in [0.1, 0.15) is 50.7 Å². The molecular formula is C19H24BNO4. The molecule has 2 aromatic rings. The second-order valence-electron chi connectivity index (χ2n) is 7.29. The number of carbonyl (C=O) groups excluding carboxylic acids is 1. The maximum absolute atomic E-state index is 12.1. The minimum absolute atomic E-state index is 0.312. The van der Waals surface area contributed by atoms with Gasteiger partial charge in [0.25, 0.3) is 0 Å². The molecule has 0 aliphatic carbocycles. The number of aromatic nitrogens is 1. The molecule has 25 heavy (non-hydrogen) atoms. The van der Waals surface area contributed by atoms with E-state index in [4.69, 9.17) is 14.0 Å². The van der Waals surface area contributed by atoms with Gasteiger partial charge in [0.2, 0.25) is 0 Å². The van der Waals surface area contributed by atoms with Crippen LogP contribution in [-0.2, 0) is 20.4 Å². The zero-order chi connectivity index (χ0) is 18.2. The van der Waals surface area contributed by atoms with Crippen LogP contribution in [0.3, 0.4) is 0 Å². The van der Waals surface area contributed by atoms with Gasteiger partial charge in [-0.1, -0.05) is 18.2 Å². The van der Waals surface area contributed by atoms with Crippen molar-refractivity contribution < 1.29 is 18.8 Å². The number of rotatable bonds is 4. The first-order valence-corrected chi connectivity index (χ1v) is 8.65. The molecule has 6 heteroatoms. The van der Waals surface area contributed by atoms with Gasteiger partial charge in [-0.05, 0) is 52.3 Å². The Balaban J connectivity index is 1.96. The summed E-state index contributed by atoms with van der Waals surface area (Å²) < 4.78 is 17.3. The monoisotopic (exact) mass is 341 g/mol. The van der Waals surface area contributed by atoms with Crippen LogP contribution in [0.25, 0.3) is 10.9 Å². The summed E-state index contributed by atoms with van der Waals surface area (Å²) in [7, 11) is -0.370. The van der Waals surface area contributed by atoms with Crippen LogP contribution in [0, 0.1) is 0 Å². The predicted octanol–water partition coefficient (Wildman–Crippen LogP) is 3.59. The van der Waals surface area contributed by atoms with Gasteiger partial charge in [0.05, 0.1) is 23.3 Å². The van der Waals surface area contributed by atoms with Crippen molar-refractivity contribution in [3.63, 3.8) is 0 Å². The lowest BCUT2D eigenvalue weighted by Gasteiger charge is -2.32. The first-order chi connectivity index (χ1) is 11.7. The third-order valence-electron chi connectivity index (χ3n) is 4.98. The Hall–Kier alpha value is -1.92. The second-order valence-corrected chi connectivity index (χ2v) is 7.29. The maximum Gasteiger partial charge on any atom is 0.462 e. The highest BCUT2D eigenvalue weighted by molar-refractivity contribution is 6.45. The summed E-state index contributed by atoms with van der Waals surface area (Å²) in [5.74, 6) is -0.413. The lowest BCUT2D eigenvalue weighted by Crippen LogP contribution is -2.41. The number of nitrogens with zero attached hydrogens (tertiary/aromatic N) is 1. The summed E-state index contributed by atoms with van der Waals surface area (Å²) >= 11 is 0. The second kappa shape index (κ2) is 6.43. The van der Waals surface area contributed by atoms with Gasteiger partial charge in [-0.25, -0.2) is 9.78 Å². The number of pyridine rings is 1. The number of benzene rings is 1. The van der Waals surface area contributed by atoms with Crippen molar-refractivity contribution in [2.75, 3.05) is 6.61 Å².